The Morgan fingerprint density at radius 2 is 1.95 bits per heavy atom. The van der Waals surface area contributed by atoms with Crippen LogP contribution in [0.15, 0.2) is 29.2 Å². The molecule has 0 aliphatic heterocycles. The van der Waals surface area contributed by atoms with Crippen LogP contribution >= 0.6 is 0 Å². The van der Waals surface area contributed by atoms with Crippen molar-refractivity contribution in [3.63, 3.8) is 0 Å². The number of benzene rings is 1. The molecule has 1 fully saturated rings. The second-order valence-corrected chi connectivity index (χ2v) is 7.23. The Morgan fingerprint density at radius 1 is 1.29 bits per heavy atom. The molecule has 6 heteroatoms. The summed E-state index contributed by atoms with van der Waals surface area (Å²) in [4.78, 5) is 12.2. The molecule has 3 N–H and O–H groups in total. The van der Waals surface area contributed by atoms with Crippen molar-refractivity contribution < 1.29 is 13.2 Å². The van der Waals surface area contributed by atoms with Crippen LogP contribution in [-0.4, -0.2) is 20.4 Å². The maximum absolute atomic E-state index is 12.2. The number of primary sulfonamides is 1. The molecule has 1 saturated carbocycles. The maximum Gasteiger partial charge on any atom is 0.251 e. The van der Waals surface area contributed by atoms with E-state index in [2.05, 4.69) is 12.2 Å². The Hall–Kier alpha value is -1.40. The number of rotatable bonds is 4. The van der Waals surface area contributed by atoms with Gasteiger partial charge in [-0.2, -0.15) is 0 Å². The van der Waals surface area contributed by atoms with Crippen molar-refractivity contribution >= 4 is 15.9 Å². The molecular weight excluding hydrogens is 288 g/mol. The first-order valence-electron chi connectivity index (χ1n) is 7.34. The van der Waals surface area contributed by atoms with E-state index in [4.69, 9.17) is 5.14 Å². The minimum Gasteiger partial charge on any atom is -0.349 e. The van der Waals surface area contributed by atoms with E-state index in [1.807, 2.05) is 0 Å². The van der Waals surface area contributed by atoms with Crippen molar-refractivity contribution in [2.45, 2.75) is 50.0 Å². The molecule has 0 unspecified atom stereocenters. The molecule has 0 aromatic heterocycles. The lowest BCUT2D eigenvalue weighted by atomic mass is 9.84. The third kappa shape index (κ3) is 4.28. The Morgan fingerprint density at radius 3 is 2.52 bits per heavy atom. The number of hydrogen-bond acceptors (Lipinski definition) is 3. The maximum atomic E-state index is 12.2. The molecule has 21 heavy (non-hydrogen) atoms. The van der Waals surface area contributed by atoms with E-state index in [9.17, 15) is 13.2 Å². The first-order valence-corrected chi connectivity index (χ1v) is 8.88. The van der Waals surface area contributed by atoms with Crippen molar-refractivity contribution in [2.24, 2.45) is 11.1 Å². The molecule has 5 nitrogen and oxygen atoms in total. The van der Waals surface area contributed by atoms with Gasteiger partial charge in [0.1, 0.15) is 0 Å². The molecule has 1 aromatic carbocycles. The van der Waals surface area contributed by atoms with Gasteiger partial charge in [-0.25, -0.2) is 13.6 Å². The highest BCUT2D eigenvalue weighted by atomic mass is 32.2. The van der Waals surface area contributed by atoms with Gasteiger partial charge in [0.2, 0.25) is 10.0 Å². The summed E-state index contributed by atoms with van der Waals surface area (Å²) in [5.41, 5.74) is 0.333. The van der Waals surface area contributed by atoms with Crippen LogP contribution in [-0.2, 0) is 10.0 Å². The van der Waals surface area contributed by atoms with Crippen molar-refractivity contribution in [3.8, 4) is 0 Å². The molecule has 0 bridgehead atoms. The molecule has 1 aromatic rings. The zero-order valence-corrected chi connectivity index (χ0v) is 13.0. The Labute approximate surface area is 126 Å². The van der Waals surface area contributed by atoms with Gasteiger partial charge in [0, 0.05) is 11.6 Å². The summed E-state index contributed by atoms with van der Waals surface area (Å²) in [5, 5.41) is 8.07. The lowest BCUT2D eigenvalue weighted by Gasteiger charge is -2.28. The van der Waals surface area contributed by atoms with Gasteiger partial charge >= 0.3 is 0 Å². The predicted octanol–water partition coefficient (Wildman–Crippen LogP) is 2.03. The van der Waals surface area contributed by atoms with Crippen LogP contribution in [0.25, 0.3) is 0 Å². The summed E-state index contributed by atoms with van der Waals surface area (Å²) in [6.45, 7) is 2.20. The highest BCUT2D eigenvalue weighted by Gasteiger charge is 2.22. The van der Waals surface area contributed by atoms with E-state index in [-0.39, 0.29) is 16.8 Å². The number of sulfonamides is 1. The number of nitrogens with two attached hydrogens (primary N) is 1. The monoisotopic (exact) mass is 310 g/mol. The molecule has 0 spiro atoms. The fourth-order valence-electron chi connectivity index (χ4n) is 2.80. The lowest BCUT2D eigenvalue weighted by molar-refractivity contribution is 0.0921. The van der Waals surface area contributed by atoms with Crippen LogP contribution in [0.4, 0.5) is 0 Å². The molecule has 1 aliphatic rings. The van der Waals surface area contributed by atoms with E-state index in [0.29, 0.717) is 5.56 Å². The van der Waals surface area contributed by atoms with Crippen molar-refractivity contribution in [2.75, 3.05) is 0 Å². The van der Waals surface area contributed by atoms with E-state index >= 15 is 0 Å². The number of carbonyl (C=O) groups is 1. The van der Waals surface area contributed by atoms with E-state index in [1.54, 1.807) is 6.07 Å². The summed E-state index contributed by atoms with van der Waals surface area (Å²) >= 11 is 0. The van der Waals surface area contributed by atoms with E-state index in [0.717, 1.165) is 31.6 Å². The summed E-state index contributed by atoms with van der Waals surface area (Å²) in [6, 6.07) is 6.02. The van der Waals surface area contributed by atoms with Crippen molar-refractivity contribution in [1.29, 1.82) is 0 Å². The topological polar surface area (TPSA) is 89.3 Å². The number of carbonyl (C=O) groups excluding carboxylic acids is 1. The Kier molecular flexibility index (Phi) is 5.00. The minimum atomic E-state index is -3.78. The minimum absolute atomic E-state index is 0.0372. The predicted molar refractivity (Wildman–Crippen MR) is 81.3 cm³/mol. The summed E-state index contributed by atoms with van der Waals surface area (Å²) in [7, 11) is -3.78. The first kappa shape index (κ1) is 16.0. The molecule has 0 radical (unpaired) electrons. The van der Waals surface area contributed by atoms with Crippen LogP contribution in [0.1, 0.15) is 49.4 Å². The Bertz CT molecular complexity index is 605. The van der Waals surface area contributed by atoms with Gasteiger partial charge in [0.25, 0.3) is 5.91 Å². The van der Waals surface area contributed by atoms with Crippen LogP contribution in [0.2, 0.25) is 0 Å². The fraction of sp³-hybridized carbons (Fsp3) is 0.533. The Balaban J connectivity index is 2.01. The molecule has 1 amide bonds. The van der Waals surface area contributed by atoms with Crippen LogP contribution in [0.3, 0.4) is 0 Å². The lowest BCUT2D eigenvalue weighted by Crippen LogP contribution is -2.37. The van der Waals surface area contributed by atoms with Gasteiger partial charge in [0.05, 0.1) is 4.90 Å². The van der Waals surface area contributed by atoms with E-state index in [1.165, 1.54) is 24.6 Å². The van der Waals surface area contributed by atoms with Gasteiger partial charge in [0.15, 0.2) is 0 Å². The average Bonchev–Trinajstić information content (AvgIpc) is 2.47. The average molecular weight is 310 g/mol. The SMILES string of the molecule is CCC1CCC(NC(=O)c2cccc(S(N)(=O)=O)c2)CC1. The summed E-state index contributed by atoms with van der Waals surface area (Å²) in [5.74, 6) is 0.532. The summed E-state index contributed by atoms with van der Waals surface area (Å²) < 4.78 is 22.6. The quantitative estimate of drug-likeness (QED) is 0.891. The molecule has 116 valence electrons. The smallest absolute Gasteiger partial charge is 0.251 e. The standard InChI is InChI=1S/C15H22N2O3S/c1-2-11-6-8-13(9-7-11)17-15(18)12-4-3-5-14(10-12)21(16,19)20/h3-5,10-11,13H,2,6-9H2,1H3,(H,17,18)(H2,16,19,20). The molecular formula is C15H22N2O3S. The van der Waals surface area contributed by atoms with Crippen LogP contribution in [0.5, 0.6) is 0 Å². The fourth-order valence-corrected chi connectivity index (χ4v) is 3.36. The van der Waals surface area contributed by atoms with Gasteiger partial charge in [-0.05, 0) is 49.8 Å². The van der Waals surface area contributed by atoms with Crippen LogP contribution < -0.4 is 10.5 Å². The molecule has 0 saturated heterocycles. The largest absolute Gasteiger partial charge is 0.349 e. The van der Waals surface area contributed by atoms with Gasteiger partial charge in [-0.15, -0.1) is 0 Å². The number of hydrogen-bond donors (Lipinski definition) is 2. The zero-order chi connectivity index (χ0) is 15.5. The van der Waals surface area contributed by atoms with Gasteiger partial charge < -0.3 is 5.32 Å². The second-order valence-electron chi connectivity index (χ2n) is 5.67. The van der Waals surface area contributed by atoms with Gasteiger partial charge in [-0.1, -0.05) is 19.4 Å². The first-order chi connectivity index (χ1) is 9.90. The van der Waals surface area contributed by atoms with Crippen molar-refractivity contribution in [1.82, 2.24) is 5.32 Å². The zero-order valence-electron chi connectivity index (χ0n) is 12.2. The molecule has 0 heterocycles. The van der Waals surface area contributed by atoms with E-state index < -0.39 is 10.0 Å². The molecule has 1 aliphatic carbocycles. The normalized spacial score (nSPS) is 22.8. The highest BCUT2D eigenvalue weighted by Crippen LogP contribution is 2.26. The second kappa shape index (κ2) is 6.58. The summed E-state index contributed by atoms with van der Waals surface area (Å²) in [6.07, 6.45) is 5.44. The van der Waals surface area contributed by atoms with Crippen molar-refractivity contribution in [3.05, 3.63) is 29.8 Å². The van der Waals surface area contributed by atoms with Crippen LogP contribution in [0, 0.1) is 5.92 Å². The number of nitrogens with one attached hydrogen (secondary N) is 1. The molecule has 0 atom stereocenters. The number of amides is 1. The highest BCUT2D eigenvalue weighted by molar-refractivity contribution is 7.89. The third-order valence-electron chi connectivity index (χ3n) is 4.18. The molecule has 2 rings (SSSR count). The van der Waals surface area contributed by atoms with Gasteiger partial charge in [-0.3, -0.25) is 4.79 Å². The third-order valence-corrected chi connectivity index (χ3v) is 5.10.